The van der Waals surface area contributed by atoms with E-state index >= 15 is 0 Å². The zero-order valence-corrected chi connectivity index (χ0v) is 18.2. The van der Waals surface area contributed by atoms with Crippen molar-refractivity contribution < 1.29 is 19.4 Å². The molecule has 3 aromatic rings. The number of methoxy groups -OCH3 is 1. The first-order valence-corrected chi connectivity index (χ1v) is 10.0. The number of urea groups is 1. The van der Waals surface area contributed by atoms with Crippen LogP contribution in [-0.4, -0.2) is 80.3 Å². The Hall–Kier alpha value is -4.26. The number of para-hydroxylation sites is 1. The highest BCUT2D eigenvalue weighted by molar-refractivity contribution is 5.99. The summed E-state index contributed by atoms with van der Waals surface area (Å²) in [6.45, 7) is 0.485. The minimum absolute atomic E-state index is 0.0262. The lowest BCUT2D eigenvalue weighted by atomic mass is 10.1. The van der Waals surface area contributed by atoms with Crippen LogP contribution in [0.1, 0.15) is 10.5 Å². The Morgan fingerprint density at radius 3 is 2.64 bits per heavy atom. The Bertz CT molecular complexity index is 1190. The third-order valence-corrected chi connectivity index (χ3v) is 4.95. The number of aliphatic hydroxyl groups is 1. The molecule has 2 aromatic heterocycles. The molecule has 0 unspecified atom stereocenters. The standard InChI is InChI=1S/C20H23N9O4/c1-21-19(31)16-14(7-15(25-26-16)24-20(32)29-8-11(30)9-29)23-13-6-4-5-12(17(13)33-3)18-22-10-28(2)27-18/h4-7,10-11,30H,8-9H2,1-3H3,(H,21,31)(H2,23,24,25,32). The topological polar surface area (TPSA) is 159 Å². The molecule has 172 valence electrons. The molecule has 0 radical (unpaired) electrons. The number of nitrogens with one attached hydrogen (secondary N) is 3. The van der Waals surface area contributed by atoms with E-state index < -0.39 is 18.0 Å². The number of amides is 3. The summed E-state index contributed by atoms with van der Waals surface area (Å²) in [7, 11) is 4.76. The third-order valence-electron chi connectivity index (χ3n) is 4.95. The van der Waals surface area contributed by atoms with Gasteiger partial charge in [-0.25, -0.2) is 9.78 Å². The van der Waals surface area contributed by atoms with Crippen molar-refractivity contribution in [2.24, 2.45) is 7.05 Å². The van der Waals surface area contributed by atoms with Crippen LogP contribution in [0.3, 0.4) is 0 Å². The van der Waals surface area contributed by atoms with E-state index in [0.29, 0.717) is 28.5 Å². The molecule has 13 heteroatoms. The molecule has 1 aliphatic rings. The molecule has 1 saturated heterocycles. The van der Waals surface area contributed by atoms with Gasteiger partial charge in [0, 0.05) is 20.2 Å². The fourth-order valence-corrected chi connectivity index (χ4v) is 3.28. The number of hydrogen-bond donors (Lipinski definition) is 4. The zero-order chi connectivity index (χ0) is 23.5. The maximum atomic E-state index is 12.4. The Morgan fingerprint density at radius 1 is 1.21 bits per heavy atom. The molecule has 1 fully saturated rings. The summed E-state index contributed by atoms with van der Waals surface area (Å²) in [4.78, 5) is 30.4. The molecule has 0 bridgehead atoms. The summed E-state index contributed by atoms with van der Waals surface area (Å²) in [5.41, 5.74) is 1.51. The zero-order valence-electron chi connectivity index (χ0n) is 18.2. The molecule has 0 saturated carbocycles. The molecule has 4 N–H and O–H groups in total. The lowest BCUT2D eigenvalue weighted by Gasteiger charge is -2.35. The number of ether oxygens (including phenoxy) is 1. The first-order valence-electron chi connectivity index (χ1n) is 10.0. The summed E-state index contributed by atoms with van der Waals surface area (Å²) in [5.74, 6) is 0.610. The minimum atomic E-state index is -0.525. The normalized spacial score (nSPS) is 13.3. The van der Waals surface area contributed by atoms with E-state index in [9.17, 15) is 14.7 Å². The van der Waals surface area contributed by atoms with Crippen molar-refractivity contribution in [2.45, 2.75) is 6.10 Å². The van der Waals surface area contributed by atoms with Crippen LogP contribution in [0.4, 0.5) is 22.0 Å². The third kappa shape index (κ3) is 4.52. The summed E-state index contributed by atoms with van der Waals surface area (Å²) in [6, 6.07) is 6.45. The lowest BCUT2D eigenvalue weighted by Crippen LogP contribution is -2.55. The molecular weight excluding hydrogens is 430 g/mol. The van der Waals surface area contributed by atoms with Gasteiger partial charge in [-0.3, -0.25) is 14.8 Å². The van der Waals surface area contributed by atoms with Gasteiger partial charge in [-0.05, 0) is 12.1 Å². The molecule has 1 aromatic carbocycles. The molecule has 3 amide bonds. The Kier molecular flexibility index (Phi) is 6.04. The molecule has 4 rings (SSSR count). The van der Waals surface area contributed by atoms with E-state index in [-0.39, 0.29) is 24.6 Å². The van der Waals surface area contributed by atoms with Crippen LogP contribution in [-0.2, 0) is 7.05 Å². The number of aliphatic hydroxyl groups excluding tert-OH is 1. The molecule has 3 heterocycles. The van der Waals surface area contributed by atoms with Crippen molar-refractivity contribution in [1.29, 1.82) is 0 Å². The summed E-state index contributed by atoms with van der Waals surface area (Å²) in [6.07, 6.45) is 1.06. The van der Waals surface area contributed by atoms with Crippen molar-refractivity contribution in [3.8, 4) is 17.1 Å². The van der Waals surface area contributed by atoms with Crippen LogP contribution in [0, 0.1) is 0 Å². The van der Waals surface area contributed by atoms with E-state index in [4.69, 9.17) is 4.74 Å². The van der Waals surface area contributed by atoms with Gasteiger partial charge in [0.2, 0.25) is 0 Å². The number of rotatable bonds is 6. The summed E-state index contributed by atoms with van der Waals surface area (Å²) < 4.78 is 7.19. The Labute approximate surface area is 188 Å². The Balaban J connectivity index is 1.67. The second kappa shape index (κ2) is 9.08. The molecular formula is C20H23N9O4. The predicted octanol–water partition coefficient (Wildman–Crippen LogP) is 0.592. The number of β-amino-alcohol motifs (C(OH)–C–C–N with tert-alkyl or cyclic N) is 1. The minimum Gasteiger partial charge on any atom is -0.494 e. The van der Waals surface area contributed by atoms with Gasteiger partial charge in [-0.15, -0.1) is 10.2 Å². The summed E-state index contributed by atoms with van der Waals surface area (Å²) in [5, 5.41) is 29.9. The maximum Gasteiger partial charge on any atom is 0.323 e. The van der Waals surface area contributed by atoms with Gasteiger partial charge in [0.25, 0.3) is 5.91 Å². The molecule has 1 aliphatic heterocycles. The number of benzene rings is 1. The smallest absolute Gasteiger partial charge is 0.323 e. The first-order chi connectivity index (χ1) is 15.9. The van der Waals surface area contributed by atoms with E-state index in [0.717, 1.165) is 0 Å². The molecule has 0 aliphatic carbocycles. The van der Waals surface area contributed by atoms with Crippen LogP contribution >= 0.6 is 0 Å². The van der Waals surface area contributed by atoms with Gasteiger partial charge in [0.05, 0.1) is 43.2 Å². The lowest BCUT2D eigenvalue weighted by molar-refractivity contribution is 0.0308. The molecule has 33 heavy (non-hydrogen) atoms. The first kappa shape index (κ1) is 22.0. The number of aryl methyl sites for hydroxylation is 1. The van der Waals surface area contributed by atoms with E-state index in [2.05, 4.69) is 36.2 Å². The van der Waals surface area contributed by atoms with Crippen molar-refractivity contribution in [3.63, 3.8) is 0 Å². The van der Waals surface area contributed by atoms with Crippen molar-refractivity contribution >= 4 is 29.1 Å². The van der Waals surface area contributed by atoms with E-state index in [1.165, 1.54) is 25.1 Å². The number of hydrogen-bond acceptors (Lipinski definition) is 9. The fourth-order valence-electron chi connectivity index (χ4n) is 3.28. The van der Waals surface area contributed by atoms with Gasteiger partial charge in [0.1, 0.15) is 6.33 Å². The van der Waals surface area contributed by atoms with Crippen LogP contribution < -0.4 is 20.7 Å². The number of aromatic nitrogens is 5. The maximum absolute atomic E-state index is 12.4. The predicted molar refractivity (Wildman–Crippen MR) is 118 cm³/mol. The highest BCUT2D eigenvalue weighted by Gasteiger charge is 2.29. The highest BCUT2D eigenvalue weighted by Crippen LogP contribution is 2.37. The van der Waals surface area contributed by atoms with Crippen molar-refractivity contribution in [2.75, 3.05) is 37.9 Å². The van der Waals surface area contributed by atoms with Crippen LogP contribution in [0.5, 0.6) is 5.75 Å². The number of likely N-dealkylation sites (tertiary alicyclic amines) is 1. The number of anilines is 3. The van der Waals surface area contributed by atoms with Crippen molar-refractivity contribution in [3.05, 3.63) is 36.3 Å². The summed E-state index contributed by atoms with van der Waals surface area (Å²) >= 11 is 0. The quantitative estimate of drug-likeness (QED) is 0.419. The number of nitrogens with zero attached hydrogens (tertiary/aromatic N) is 6. The van der Waals surface area contributed by atoms with Crippen LogP contribution in [0.25, 0.3) is 11.4 Å². The SMILES string of the molecule is CNC(=O)c1nnc(NC(=O)N2CC(O)C2)cc1Nc1cccc(-c2ncn(C)n2)c1OC. The molecule has 0 atom stereocenters. The van der Waals surface area contributed by atoms with Crippen molar-refractivity contribution in [1.82, 2.24) is 35.2 Å². The van der Waals surface area contributed by atoms with E-state index in [1.54, 1.807) is 30.2 Å². The number of carbonyl (C=O) groups is 2. The van der Waals surface area contributed by atoms with Gasteiger partial charge in [0.15, 0.2) is 23.1 Å². The molecule has 0 spiro atoms. The van der Waals surface area contributed by atoms with E-state index in [1.807, 2.05) is 6.07 Å². The van der Waals surface area contributed by atoms with Gasteiger partial charge < -0.3 is 25.4 Å². The van der Waals surface area contributed by atoms with Crippen LogP contribution in [0.15, 0.2) is 30.6 Å². The van der Waals surface area contributed by atoms with Gasteiger partial charge >= 0.3 is 6.03 Å². The monoisotopic (exact) mass is 453 g/mol. The highest BCUT2D eigenvalue weighted by atomic mass is 16.5. The fraction of sp³-hybridized carbons (Fsp3) is 0.300. The molecule has 13 nitrogen and oxygen atoms in total. The average Bonchev–Trinajstić information content (AvgIpc) is 3.22. The van der Waals surface area contributed by atoms with Gasteiger partial charge in [-0.2, -0.15) is 5.10 Å². The van der Waals surface area contributed by atoms with Gasteiger partial charge in [-0.1, -0.05) is 6.07 Å². The average molecular weight is 453 g/mol. The number of carbonyl (C=O) groups excluding carboxylic acids is 2. The Morgan fingerprint density at radius 2 is 2.00 bits per heavy atom. The van der Waals surface area contributed by atoms with Crippen LogP contribution in [0.2, 0.25) is 0 Å². The second-order valence-electron chi connectivity index (χ2n) is 7.31. The largest absolute Gasteiger partial charge is 0.494 e. The second-order valence-corrected chi connectivity index (χ2v) is 7.31.